The van der Waals surface area contributed by atoms with Crippen molar-refractivity contribution in [3.05, 3.63) is 65.5 Å². The molecule has 3 aromatic rings. The molecule has 2 aromatic heterocycles. The van der Waals surface area contributed by atoms with E-state index in [4.69, 9.17) is 4.42 Å². The average molecular weight is 364 g/mol. The molecular formula is C21H20N2O4. The molecule has 138 valence electrons. The van der Waals surface area contributed by atoms with Crippen molar-refractivity contribution in [1.82, 2.24) is 9.88 Å². The standard InChI is InChI=1S/C21H20N2O4/c1-14-7-8-17-16(22-14)13-18(27-17)19(24)23-11-9-21(10-12-23,20(25)26)15-5-3-2-4-6-15/h2-8,13H,9-12H2,1H3,(H,25,26). The number of benzene rings is 1. The average Bonchev–Trinajstić information content (AvgIpc) is 3.11. The van der Waals surface area contributed by atoms with Gasteiger partial charge in [-0.15, -0.1) is 0 Å². The molecule has 0 saturated carbocycles. The van der Waals surface area contributed by atoms with Gasteiger partial charge in [-0.3, -0.25) is 9.59 Å². The van der Waals surface area contributed by atoms with Crippen molar-refractivity contribution in [3.8, 4) is 0 Å². The second kappa shape index (κ2) is 6.54. The molecule has 4 rings (SSSR count). The number of aryl methyl sites for hydroxylation is 1. The number of piperidine rings is 1. The molecule has 1 amide bonds. The molecule has 1 aliphatic rings. The fraction of sp³-hybridized carbons (Fsp3) is 0.286. The molecule has 0 aliphatic carbocycles. The highest BCUT2D eigenvalue weighted by molar-refractivity contribution is 5.95. The largest absolute Gasteiger partial charge is 0.481 e. The van der Waals surface area contributed by atoms with Crippen LogP contribution in [-0.2, 0) is 10.2 Å². The summed E-state index contributed by atoms with van der Waals surface area (Å²) in [6, 6.07) is 14.5. The number of rotatable bonds is 3. The molecule has 3 heterocycles. The van der Waals surface area contributed by atoms with Gasteiger partial charge < -0.3 is 14.4 Å². The van der Waals surface area contributed by atoms with E-state index in [-0.39, 0.29) is 11.7 Å². The van der Waals surface area contributed by atoms with Crippen molar-refractivity contribution in [2.24, 2.45) is 0 Å². The number of aromatic nitrogens is 1. The zero-order valence-corrected chi connectivity index (χ0v) is 15.0. The van der Waals surface area contributed by atoms with Gasteiger partial charge in [0.2, 0.25) is 0 Å². The van der Waals surface area contributed by atoms with E-state index >= 15 is 0 Å². The summed E-state index contributed by atoms with van der Waals surface area (Å²) < 4.78 is 5.65. The van der Waals surface area contributed by atoms with Gasteiger partial charge in [0.1, 0.15) is 5.52 Å². The molecule has 1 N–H and O–H groups in total. The molecule has 27 heavy (non-hydrogen) atoms. The minimum atomic E-state index is -0.954. The Morgan fingerprint density at radius 1 is 1.11 bits per heavy atom. The summed E-state index contributed by atoms with van der Waals surface area (Å²) in [5.41, 5.74) is 1.91. The Morgan fingerprint density at radius 2 is 1.81 bits per heavy atom. The minimum absolute atomic E-state index is 0.224. The monoisotopic (exact) mass is 364 g/mol. The number of fused-ring (bicyclic) bond motifs is 1. The van der Waals surface area contributed by atoms with Crippen LogP contribution in [0.1, 0.15) is 34.7 Å². The topological polar surface area (TPSA) is 83.6 Å². The van der Waals surface area contributed by atoms with E-state index in [1.165, 1.54) is 0 Å². The number of likely N-dealkylation sites (tertiary alicyclic amines) is 1. The van der Waals surface area contributed by atoms with Crippen LogP contribution in [0.2, 0.25) is 0 Å². The van der Waals surface area contributed by atoms with E-state index in [0.29, 0.717) is 37.0 Å². The lowest BCUT2D eigenvalue weighted by molar-refractivity contribution is -0.145. The summed E-state index contributed by atoms with van der Waals surface area (Å²) >= 11 is 0. The van der Waals surface area contributed by atoms with E-state index in [1.807, 2.05) is 43.3 Å². The summed E-state index contributed by atoms with van der Waals surface area (Å²) in [6.45, 7) is 2.61. The van der Waals surface area contributed by atoms with E-state index in [1.54, 1.807) is 17.0 Å². The Labute approximate surface area is 156 Å². The summed E-state index contributed by atoms with van der Waals surface area (Å²) in [4.78, 5) is 30.9. The fourth-order valence-electron chi connectivity index (χ4n) is 3.76. The molecule has 1 aromatic carbocycles. The Bertz CT molecular complexity index is 1000. The Kier molecular flexibility index (Phi) is 4.18. The predicted octanol–water partition coefficient (Wildman–Crippen LogP) is 3.39. The van der Waals surface area contributed by atoms with Crippen molar-refractivity contribution >= 4 is 23.0 Å². The van der Waals surface area contributed by atoms with E-state index in [2.05, 4.69) is 4.98 Å². The number of pyridine rings is 1. The van der Waals surface area contributed by atoms with Crippen LogP contribution in [0.25, 0.3) is 11.1 Å². The lowest BCUT2D eigenvalue weighted by Crippen LogP contribution is -2.49. The van der Waals surface area contributed by atoms with Gasteiger partial charge >= 0.3 is 5.97 Å². The Morgan fingerprint density at radius 3 is 2.48 bits per heavy atom. The van der Waals surface area contributed by atoms with E-state index < -0.39 is 11.4 Å². The zero-order chi connectivity index (χ0) is 19.0. The smallest absolute Gasteiger partial charge is 0.314 e. The van der Waals surface area contributed by atoms with Gasteiger partial charge in [-0.1, -0.05) is 30.3 Å². The first kappa shape index (κ1) is 17.3. The first-order chi connectivity index (χ1) is 13.0. The van der Waals surface area contributed by atoms with Crippen LogP contribution in [0.3, 0.4) is 0 Å². The molecular weight excluding hydrogens is 344 g/mol. The van der Waals surface area contributed by atoms with Crippen molar-refractivity contribution in [3.63, 3.8) is 0 Å². The molecule has 1 aliphatic heterocycles. The summed E-state index contributed by atoms with van der Waals surface area (Å²) in [5, 5.41) is 9.88. The van der Waals surface area contributed by atoms with Gasteiger partial charge in [-0.2, -0.15) is 0 Å². The van der Waals surface area contributed by atoms with Gasteiger partial charge in [0.05, 0.1) is 5.41 Å². The molecule has 0 spiro atoms. The Hall–Kier alpha value is -3.15. The van der Waals surface area contributed by atoms with Crippen molar-refractivity contribution in [2.75, 3.05) is 13.1 Å². The summed E-state index contributed by atoms with van der Waals surface area (Å²) in [7, 11) is 0. The van der Waals surface area contributed by atoms with Crippen LogP contribution in [0, 0.1) is 6.92 Å². The zero-order valence-electron chi connectivity index (χ0n) is 15.0. The highest BCUT2D eigenvalue weighted by atomic mass is 16.4. The maximum absolute atomic E-state index is 12.8. The fourth-order valence-corrected chi connectivity index (χ4v) is 3.76. The number of carboxylic acid groups (broad SMARTS) is 1. The molecule has 0 radical (unpaired) electrons. The number of nitrogens with zero attached hydrogens (tertiary/aromatic N) is 2. The van der Waals surface area contributed by atoms with Gasteiger partial charge in [-0.05, 0) is 37.5 Å². The third kappa shape index (κ3) is 2.97. The lowest BCUT2D eigenvalue weighted by Gasteiger charge is -2.38. The third-order valence-corrected chi connectivity index (χ3v) is 5.36. The second-order valence-corrected chi connectivity index (χ2v) is 6.99. The van der Waals surface area contributed by atoms with Crippen LogP contribution in [-0.4, -0.2) is 40.0 Å². The summed E-state index contributed by atoms with van der Waals surface area (Å²) in [6.07, 6.45) is 0.741. The van der Waals surface area contributed by atoms with Crippen LogP contribution >= 0.6 is 0 Å². The third-order valence-electron chi connectivity index (χ3n) is 5.36. The number of hydrogen-bond donors (Lipinski definition) is 1. The van der Waals surface area contributed by atoms with Crippen molar-refractivity contribution < 1.29 is 19.1 Å². The molecule has 1 saturated heterocycles. The molecule has 0 bridgehead atoms. The van der Waals surface area contributed by atoms with Gasteiger partial charge in [0.25, 0.3) is 5.91 Å². The normalized spacial score (nSPS) is 16.4. The molecule has 0 atom stereocenters. The lowest BCUT2D eigenvalue weighted by atomic mass is 9.73. The number of aliphatic carboxylic acids is 1. The van der Waals surface area contributed by atoms with Crippen LogP contribution < -0.4 is 0 Å². The predicted molar refractivity (Wildman–Crippen MR) is 99.6 cm³/mol. The second-order valence-electron chi connectivity index (χ2n) is 6.99. The number of amides is 1. The first-order valence-electron chi connectivity index (χ1n) is 8.95. The molecule has 6 nitrogen and oxygen atoms in total. The van der Waals surface area contributed by atoms with Crippen LogP contribution in [0.4, 0.5) is 0 Å². The maximum Gasteiger partial charge on any atom is 0.314 e. The summed E-state index contributed by atoms with van der Waals surface area (Å²) in [5.74, 6) is -0.826. The van der Waals surface area contributed by atoms with Crippen LogP contribution in [0.15, 0.2) is 52.9 Å². The van der Waals surface area contributed by atoms with Crippen molar-refractivity contribution in [1.29, 1.82) is 0 Å². The van der Waals surface area contributed by atoms with Crippen LogP contribution in [0.5, 0.6) is 0 Å². The van der Waals surface area contributed by atoms with Crippen molar-refractivity contribution in [2.45, 2.75) is 25.2 Å². The first-order valence-corrected chi connectivity index (χ1v) is 8.95. The van der Waals surface area contributed by atoms with Gasteiger partial charge in [0.15, 0.2) is 11.3 Å². The number of carboxylic acids is 1. The van der Waals surface area contributed by atoms with Gasteiger partial charge in [0, 0.05) is 24.8 Å². The number of furan rings is 1. The number of hydrogen-bond acceptors (Lipinski definition) is 4. The molecule has 1 fully saturated rings. The Balaban J connectivity index is 1.55. The quantitative estimate of drug-likeness (QED) is 0.770. The number of carbonyl (C=O) groups is 2. The van der Waals surface area contributed by atoms with E-state index in [9.17, 15) is 14.7 Å². The highest BCUT2D eigenvalue weighted by Gasteiger charge is 2.44. The molecule has 6 heteroatoms. The van der Waals surface area contributed by atoms with E-state index in [0.717, 1.165) is 11.3 Å². The minimum Gasteiger partial charge on any atom is -0.481 e. The molecule has 0 unspecified atom stereocenters. The highest BCUT2D eigenvalue weighted by Crippen LogP contribution is 2.36. The van der Waals surface area contributed by atoms with Gasteiger partial charge in [-0.25, -0.2) is 4.98 Å². The SMILES string of the molecule is Cc1ccc2oc(C(=O)N3CCC(C(=O)O)(c4ccccc4)CC3)cc2n1. The number of carbonyl (C=O) groups excluding carboxylic acids is 1. The maximum atomic E-state index is 12.8.